The van der Waals surface area contributed by atoms with Crippen LogP contribution in [-0.2, 0) is 9.59 Å². The minimum Gasteiger partial charge on any atom is -0.369 e. The Morgan fingerprint density at radius 2 is 1.87 bits per heavy atom. The lowest BCUT2D eigenvalue weighted by Crippen LogP contribution is -2.47. The molecule has 2 heterocycles. The van der Waals surface area contributed by atoms with E-state index in [0.717, 1.165) is 39.1 Å². The fraction of sp³-hybridized carbons (Fsp3) is 0.609. The number of hydrogen-bond donors (Lipinski definition) is 1. The SMILES string of the molecule is Cc1cccc(N2CCN(CCC(C)NC(=O)CCCN3C(=O)CN(C)C3=O)CC2)c1. The number of rotatable bonds is 9. The molecular weight excluding hydrogens is 394 g/mol. The molecule has 1 unspecified atom stereocenters. The number of anilines is 1. The number of aryl methyl sites for hydroxylation is 1. The lowest BCUT2D eigenvalue weighted by atomic mass is 10.1. The fourth-order valence-electron chi connectivity index (χ4n) is 4.14. The lowest BCUT2D eigenvalue weighted by molar-refractivity contribution is -0.126. The van der Waals surface area contributed by atoms with Crippen molar-refractivity contribution in [3.8, 4) is 0 Å². The van der Waals surface area contributed by atoms with Crippen molar-refractivity contribution in [3.63, 3.8) is 0 Å². The van der Waals surface area contributed by atoms with Gasteiger partial charge in [0, 0.05) is 64.5 Å². The average Bonchev–Trinajstić information content (AvgIpc) is 2.98. The van der Waals surface area contributed by atoms with E-state index < -0.39 is 0 Å². The number of urea groups is 1. The van der Waals surface area contributed by atoms with Crippen molar-refractivity contribution in [2.45, 2.75) is 39.2 Å². The van der Waals surface area contributed by atoms with Crippen LogP contribution in [0.15, 0.2) is 24.3 Å². The maximum absolute atomic E-state index is 12.2. The highest BCUT2D eigenvalue weighted by atomic mass is 16.2. The molecule has 8 nitrogen and oxygen atoms in total. The summed E-state index contributed by atoms with van der Waals surface area (Å²) in [5.74, 6) is -0.215. The Balaban J connectivity index is 1.29. The van der Waals surface area contributed by atoms with E-state index in [1.54, 1.807) is 7.05 Å². The first kappa shape index (κ1) is 23.1. The largest absolute Gasteiger partial charge is 0.369 e. The van der Waals surface area contributed by atoms with Crippen LogP contribution in [0.1, 0.15) is 31.7 Å². The first-order valence-electron chi connectivity index (χ1n) is 11.2. The number of benzene rings is 1. The van der Waals surface area contributed by atoms with E-state index in [0.29, 0.717) is 19.4 Å². The first-order chi connectivity index (χ1) is 14.8. The predicted octanol–water partition coefficient (Wildman–Crippen LogP) is 1.69. The number of amides is 4. The molecule has 170 valence electrons. The number of likely N-dealkylation sites (N-methyl/N-ethyl adjacent to an activating group) is 1. The van der Waals surface area contributed by atoms with Gasteiger partial charge in [-0.1, -0.05) is 12.1 Å². The monoisotopic (exact) mass is 429 g/mol. The van der Waals surface area contributed by atoms with Crippen molar-refractivity contribution >= 4 is 23.5 Å². The van der Waals surface area contributed by atoms with Crippen LogP contribution in [0.2, 0.25) is 0 Å². The van der Waals surface area contributed by atoms with Gasteiger partial charge in [-0.2, -0.15) is 0 Å². The van der Waals surface area contributed by atoms with E-state index in [2.05, 4.69) is 46.3 Å². The Morgan fingerprint density at radius 3 is 2.52 bits per heavy atom. The van der Waals surface area contributed by atoms with E-state index in [9.17, 15) is 14.4 Å². The van der Waals surface area contributed by atoms with Crippen LogP contribution in [0.5, 0.6) is 0 Å². The van der Waals surface area contributed by atoms with Gasteiger partial charge in [0.25, 0.3) is 0 Å². The van der Waals surface area contributed by atoms with Crippen LogP contribution in [0.3, 0.4) is 0 Å². The third-order valence-corrected chi connectivity index (χ3v) is 6.04. The Hall–Kier alpha value is -2.61. The average molecular weight is 430 g/mol. The summed E-state index contributed by atoms with van der Waals surface area (Å²) in [7, 11) is 1.61. The van der Waals surface area contributed by atoms with Crippen molar-refractivity contribution in [1.29, 1.82) is 0 Å². The van der Waals surface area contributed by atoms with Crippen molar-refractivity contribution in [1.82, 2.24) is 20.0 Å². The highest BCUT2D eigenvalue weighted by Crippen LogP contribution is 2.18. The van der Waals surface area contributed by atoms with Crippen LogP contribution >= 0.6 is 0 Å². The highest BCUT2D eigenvalue weighted by Gasteiger charge is 2.32. The molecule has 1 N–H and O–H groups in total. The second kappa shape index (κ2) is 10.6. The van der Waals surface area contributed by atoms with Gasteiger partial charge in [0.05, 0.1) is 0 Å². The normalized spacial score (nSPS) is 18.6. The van der Waals surface area contributed by atoms with Gasteiger partial charge < -0.3 is 15.1 Å². The van der Waals surface area contributed by atoms with Gasteiger partial charge in [0.1, 0.15) is 6.54 Å². The Bertz CT molecular complexity index is 791. The predicted molar refractivity (Wildman–Crippen MR) is 121 cm³/mol. The second-order valence-electron chi connectivity index (χ2n) is 8.71. The van der Waals surface area contributed by atoms with E-state index in [1.807, 2.05) is 6.92 Å². The molecule has 3 rings (SSSR count). The molecule has 8 heteroatoms. The summed E-state index contributed by atoms with van der Waals surface area (Å²) in [5, 5.41) is 3.04. The van der Waals surface area contributed by atoms with Crippen LogP contribution in [0, 0.1) is 6.92 Å². The standard InChI is InChI=1S/C23H35N5O3/c1-18-6-4-7-20(16-18)27-14-12-26(13-15-27)11-9-19(2)24-21(29)8-5-10-28-22(30)17-25(3)23(28)31/h4,6-7,16,19H,5,8-15,17H2,1-3H3,(H,24,29). The number of nitrogens with one attached hydrogen (secondary N) is 1. The van der Waals surface area contributed by atoms with Crippen LogP contribution in [-0.4, -0.2) is 91.4 Å². The summed E-state index contributed by atoms with van der Waals surface area (Å²) in [6, 6.07) is 8.47. The molecule has 1 aromatic rings. The van der Waals surface area contributed by atoms with Crippen LogP contribution in [0.4, 0.5) is 10.5 Å². The summed E-state index contributed by atoms with van der Waals surface area (Å²) < 4.78 is 0. The molecule has 2 aliphatic rings. The molecule has 1 aromatic carbocycles. The van der Waals surface area contributed by atoms with Gasteiger partial charge in [0.2, 0.25) is 11.8 Å². The Kier molecular flexibility index (Phi) is 7.90. The number of hydrogen-bond acceptors (Lipinski definition) is 5. The van der Waals surface area contributed by atoms with E-state index in [4.69, 9.17) is 0 Å². The van der Waals surface area contributed by atoms with Gasteiger partial charge in [-0.15, -0.1) is 0 Å². The quantitative estimate of drug-likeness (QED) is 0.605. The molecule has 2 aliphatic heterocycles. The number of piperazine rings is 1. The molecule has 0 bridgehead atoms. The second-order valence-corrected chi connectivity index (χ2v) is 8.71. The molecule has 31 heavy (non-hydrogen) atoms. The highest BCUT2D eigenvalue weighted by molar-refractivity contribution is 6.01. The smallest absolute Gasteiger partial charge is 0.326 e. The fourth-order valence-corrected chi connectivity index (χ4v) is 4.14. The van der Waals surface area contributed by atoms with Crippen molar-refractivity contribution < 1.29 is 14.4 Å². The summed E-state index contributed by atoms with van der Waals surface area (Å²) in [4.78, 5) is 43.3. The molecule has 2 saturated heterocycles. The van der Waals surface area contributed by atoms with E-state index in [1.165, 1.54) is 21.1 Å². The maximum Gasteiger partial charge on any atom is 0.326 e. The third-order valence-electron chi connectivity index (χ3n) is 6.04. The first-order valence-corrected chi connectivity index (χ1v) is 11.2. The van der Waals surface area contributed by atoms with Crippen LogP contribution in [0.25, 0.3) is 0 Å². The van der Waals surface area contributed by atoms with Gasteiger partial charge in [-0.05, 0) is 44.4 Å². The molecular formula is C23H35N5O3. The topological polar surface area (TPSA) is 76.2 Å². The summed E-state index contributed by atoms with van der Waals surface area (Å²) >= 11 is 0. The molecule has 2 fully saturated rings. The minimum absolute atomic E-state index is 0.0239. The zero-order valence-electron chi connectivity index (χ0n) is 19.0. The molecule has 1 atom stereocenters. The van der Waals surface area contributed by atoms with E-state index >= 15 is 0 Å². The van der Waals surface area contributed by atoms with Crippen molar-refractivity contribution in [2.75, 3.05) is 57.8 Å². The van der Waals surface area contributed by atoms with Crippen molar-refractivity contribution in [3.05, 3.63) is 29.8 Å². The lowest BCUT2D eigenvalue weighted by Gasteiger charge is -2.36. The van der Waals surface area contributed by atoms with Crippen LogP contribution < -0.4 is 10.2 Å². The zero-order valence-corrected chi connectivity index (χ0v) is 19.0. The molecule has 0 aromatic heterocycles. The molecule has 4 amide bonds. The Labute approximate surface area is 185 Å². The zero-order chi connectivity index (χ0) is 22.4. The number of carbonyl (C=O) groups excluding carboxylic acids is 3. The third kappa shape index (κ3) is 6.43. The summed E-state index contributed by atoms with van der Waals surface area (Å²) in [5.41, 5.74) is 2.58. The van der Waals surface area contributed by atoms with Gasteiger partial charge >= 0.3 is 6.03 Å². The minimum atomic E-state index is -0.277. The van der Waals surface area contributed by atoms with E-state index in [-0.39, 0.29) is 30.4 Å². The molecule has 0 spiro atoms. The van der Waals surface area contributed by atoms with Gasteiger partial charge in [-0.3, -0.25) is 19.4 Å². The van der Waals surface area contributed by atoms with Crippen molar-refractivity contribution in [2.24, 2.45) is 0 Å². The number of imide groups is 1. The Morgan fingerprint density at radius 1 is 1.13 bits per heavy atom. The molecule has 0 saturated carbocycles. The summed E-state index contributed by atoms with van der Waals surface area (Å²) in [6.07, 6.45) is 1.72. The number of carbonyl (C=O) groups is 3. The maximum atomic E-state index is 12.2. The van der Waals surface area contributed by atoms with Gasteiger partial charge in [0.15, 0.2) is 0 Å². The molecule has 0 aliphatic carbocycles. The number of nitrogens with zero attached hydrogens (tertiary/aromatic N) is 4. The summed E-state index contributed by atoms with van der Waals surface area (Å²) in [6.45, 7) is 9.65. The van der Waals surface area contributed by atoms with Gasteiger partial charge in [-0.25, -0.2) is 4.79 Å². The molecule has 0 radical (unpaired) electrons.